The molecular weight excluding hydrogens is 345 g/mol. The maximum Gasteiger partial charge on any atom is 0.229 e. The van der Waals surface area contributed by atoms with Gasteiger partial charge in [-0.1, -0.05) is 0 Å². The number of aromatic nitrogens is 2. The van der Waals surface area contributed by atoms with Crippen LogP contribution < -0.4 is 10.6 Å². The smallest absolute Gasteiger partial charge is 0.229 e. The number of halogens is 4. The zero-order chi connectivity index (χ0) is 16.6. The summed E-state index contributed by atoms with van der Waals surface area (Å²) in [7, 11) is 1.78. The van der Waals surface area contributed by atoms with E-state index in [1.807, 2.05) is 6.20 Å². The standard InChI is InChI=1S/C15H15F3N4O.ClH/c1-22-7-8(4-20-22)10-5-19-6-11(10)15(23)21-9-2-12(16)14(18)13(17)3-9;/h2-4,7,10-11,19H,5-6H2,1H3,(H,21,23);1H/t10-,11+;/m1./s1. The molecule has 1 aromatic heterocycles. The van der Waals surface area contributed by atoms with E-state index in [4.69, 9.17) is 0 Å². The number of nitrogens with one attached hydrogen (secondary N) is 2. The maximum absolute atomic E-state index is 13.2. The van der Waals surface area contributed by atoms with Crippen LogP contribution in [-0.2, 0) is 11.8 Å². The number of carbonyl (C=O) groups is 1. The number of carbonyl (C=O) groups excluding carboxylic acids is 1. The second-order valence-electron chi connectivity index (χ2n) is 5.56. The number of benzene rings is 1. The predicted molar refractivity (Wildman–Crippen MR) is 84.5 cm³/mol. The molecule has 0 unspecified atom stereocenters. The molecule has 1 aromatic carbocycles. The number of aryl methyl sites for hydroxylation is 1. The van der Waals surface area contributed by atoms with Crippen LogP contribution in [0.15, 0.2) is 24.5 Å². The minimum absolute atomic E-state index is 0. The molecule has 1 aliphatic rings. The quantitative estimate of drug-likeness (QED) is 0.825. The highest BCUT2D eigenvalue weighted by molar-refractivity contribution is 5.93. The summed E-state index contributed by atoms with van der Waals surface area (Å²) in [6.07, 6.45) is 3.52. The van der Waals surface area contributed by atoms with Crippen LogP contribution in [0.3, 0.4) is 0 Å². The van der Waals surface area contributed by atoms with E-state index < -0.39 is 23.4 Å². The molecule has 1 saturated heterocycles. The minimum atomic E-state index is -1.56. The average molecular weight is 361 g/mol. The topological polar surface area (TPSA) is 59.0 Å². The summed E-state index contributed by atoms with van der Waals surface area (Å²) in [5.41, 5.74) is 0.803. The van der Waals surface area contributed by atoms with Gasteiger partial charge in [-0.2, -0.15) is 5.10 Å². The Kier molecular flexibility index (Phi) is 5.51. The van der Waals surface area contributed by atoms with E-state index in [2.05, 4.69) is 15.7 Å². The van der Waals surface area contributed by atoms with Crippen molar-refractivity contribution < 1.29 is 18.0 Å². The zero-order valence-corrected chi connectivity index (χ0v) is 13.5. The number of anilines is 1. The molecule has 5 nitrogen and oxygen atoms in total. The molecule has 2 N–H and O–H groups in total. The summed E-state index contributed by atoms with van der Waals surface area (Å²) in [5, 5.41) is 9.66. The van der Waals surface area contributed by atoms with Crippen LogP contribution >= 0.6 is 12.4 Å². The van der Waals surface area contributed by atoms with E-state index in [-0.39, 0.29) is 29.9 Å². The van der Waals surface area contributed by atoms with Gasteiger partial charge in [-0.15, -0.1) is 12.4 Å². The molecule has 2 aromatic rings. The molecule has 1 amide bonds. The Morgan fingerprint density at radius 2 is 1.96 bits per heavy atom. The van der Waals surface area contributed by atoms with Crippen molar-refractivity contribution >= 4 is 24.0 Å². The van der Waals surface area contributed by atoms with E-state index in [0.29, 0.717) is 13.1 Å². The zero-order valence-electron chi connectivity index (χ0n) is 12.7. The maximum atomic E-state index is 13.2. The predicted octanol–water partition coefficient (Wildman–Crippen LogP) is 2.20. The fourth-order valence-corrected chi connectivity index (χ4v) is 2.80. The van der Waals surface area contributed by atoms with Gasteiger partial charge in [0.2, 0.25) is 5.91 Å². The Morgan fingerprint density at radius 3 is 2.54 bits per heavy atom. The first-order valence-corrected chi connectivity index (χ1v) is 7.10. The molecule has 1 fully saturated rings. The summed E-state index contributed by atoms with van der Waals surface area (Å²) in [4.78, 5) is 12.4. The number of nitrogens with zero attached hydrogens (tertiary/aromatic N) is 2. The van der Waals surface area contributed by atoms with Gasteiger partial charge in [-0.05, 0) is 5.56 Å². The van der Waals surface area contributed by atoms with Crippen LogP contribution in [0.25, 0.3) is 0 Å². The van der Waals surface area contributed by atoms with E-state index in [0.717, 1.165) is 17.7 Å². The fourth-order valence-electron chi connectivity index (χ4n) is 2.80. The summed E-state index contributed by atoms with van der Waals surface area (Å²) in [6, 6.07) is 1.52. The Hall–Kier alpha value is -2.06. The van der Waals surface area contributed by atoms with Crippen LogP contribution in [0.1, 0.15) is 11.5 Å². The van der Waals surface area contributed by atoms with Crippen molar-refractivity contribution in [2.45, 2.75) is 5.92 Å². The molecule has 9 heteroatoms. The molecule has 130 valence electrons. The average Bonchev–Trinajstić information content (AvgIpc) is 3.12. The van der Waals surface area contributed by atoms with Crippen LogP contribution in [0.4, 0.5) is 18.9 Å². The fraction of sp³-hybridized carbons (Fsp3) is 0.333. The molecule has 0 bridgehead atoms. The SMILES string of the molecule is Cl.Cn1cc([C@H]2CNC[C@@H]2C(=O)Nc2cc(F)c(F)c(F)c2)cn1. The van der Waals surface area contributed by atoms with Crippen molar-refractivity contribution in [3.05, 3.63) is 47.5 Å². The van der Waals surface area contributed by atoms with Crippen LogP contribution in [0.2, 0.25) is 0 Å². The van der Waals surface area contributed by atoms with Crippen molar-refractivity contribution in [1.82, 2.24) is 15.1 Å². The van der Waals surface area contributed by atoms with E-state index in [1.54, 1.807) is 17.9 Å². The molecule has 0 radical (unpaired) electrons. The van der Waals surface area contributed by atoms with Crippen molar-refractivity contribution in [2.24, 2.45) is 13.0 Å². The van der Waals surface area contributed by atoms with Crippen LogP contribution in [0.5, 0.6) is 0 Å². The summed E-state index contributed by atoms with van der Waals surface area (Å²) in [5.74, 6) is -5.11. The van der Waals surface area contributed by atoms with Gasteiger partial charge in [-0.3, -0.25) is 9.48 Å². The molecule has 0 spiro atoms. The largest absolute Gasteiger partial charge is 0.326 e. The van der Waals surface area contributed by atoms with Crippen molar-refractivity contribution in [2.75, 3.05) is 18.4 Å². The Labute approximate surface area is 142 Å². The molecule has 0 saturated carbocycles. The second kappa shape index (κ2) is 7.23. The summed E-state index contributed by atoms with van der Waals surface area (Å²) in [6.45, 7) is 1.05. The highest BCUT2D eigenvalue weighted by atomic mass is 35.5. The van der Waals surface area contributed by atoms with Crippen molar-refractivity contribution in [3.8, 4) is 0 Å². The van der Waals surface area contributed by atoms with Gasteiger partial charge in [0.15, 0.2) is 17.5 Å². The highest BCUT2D eigenvalue weighted by Crippen LogP contribution is 2.29. The van der Waals surface area contributed by atoms with E-state index in [1.165, 1.54) is 0 Å². The molecular formula is C15H16ClF3N4O. The van der Waals surface area contributed by atoms with E-state index in [9.17, 15) is 18.0 Å². The van der Waals surface area contributed by atoms with Gasteiger partial charge in [0, 0.05) is 50.1 Å². The minimum Gasteiger partial charge on any atom is -0.326 e. The third kappa shape index (κ3) is 3.54. The normalized spacial score (nSPS) is 19.8. The third-order valence-corrected chi connectivity index (χ3v) is 3.96. The summed E-state index contributed by atoms with van der Waals surface area (Å²) >= 11 is 0. The third-order valence-electron chi connectivity index (χ3n) is 3.96. The van der Waals surface area contributed by atoms with Gasteiger partial charge < -0.3 is 10.6 Å². The molecule has 1 aliphatic heterocycles. The summed E-state index contributed by atoms with van der Waals surface area (Å²) < 4.78 is 41.0. The van der Waals surface area contributed by atoms with Gasteiger partial charge >= 0.3 is 0 Å². The lowest BCUT2D eigenvalue weighted by Crippen LogP contribution is -2.28. The Morgan fingerprint density at radius 1 is 1.29 bits per heavy atom. The van der Waals surface area contributed by atoms with Gasteiger partial charge in [0.1, 0.15) is 0 Å². The molecule has 0 aliphatic carbocycles. The molecule has 2 atom stereocenters. The lowest BCUT2D eigenvalue weighted by molar-refractivity contribution is -0.119. The number of hydrogen-bond acceptors (Lipinski definition) is 3. The van der Waals surface area contributed by atoms with Gasteiger partial charge in [0.05, 0.1) is 12.1 Å². The monoisotopic (exact) mass is 360 g/mol. The number of amides is 1. The molecule has 3 rings (SSSR count). The molecule has 24 heavy (non-hydrogen) atoms. The Balaban J connectivity index is 0.00000208. The van der Waals surface area contributed by atoms with Crippen LogP contribution in [-0.4, -0.2) is 28.8 Å². The lowest BCUT2D eigenvalue weighted by atomic mass is 9.90. The van der Waals surface area contributed by atoms with E-state index >= 15 is 0 Å². The lowest BCUT2D eigenvalue weighted by Gasteiger charge is -2.17. The number of hydrogen-bond donors (Lipinski definition) is 2. The highest BCUT2D eigenvalue weighted by Gasteiger charge is 2.34. The van der Waals surface area contributed by atoms with Crippen molar-refractivity contribution in [1.29, 1.82) is 0 Å². The van der Waals surface area contributed by atoms with Gasteiger partial charge in [0.25, 0.3) is 0 Å². The van der Waals surface area contributed by atoms with Crippen LogP contribution in [0, 0.1) is 23.4 Å². The molecule has 2 heterocycles. The number of rotatable bonds is 3. The van der Waals surface area contributed by atoms with Crippen molar-refractivity contribution in [3.63, 3.8) is 0 Å². The first kappa shape index (κ1) is 18.3. The first-order chi connectivity index (χ1) is 11.0. The second-order valence-corrected chi connectivity index (χ2v) is 5.56. The first-order valence-electron chi connectivity index (χ1n) is 7.10. The van der Waals surface area contributed by atoms with Gasteiger partial charge in [-0.25, -0.2) is 13.2 Å². The Bertz CT molecular complexity index is 729.